The first-order valence-electron chi connectivity index (χ1n) is 11.5. The molecule has 0 saturated heterocycles. The number of primary amides is 1. The zero-order valence-corrected chi connectivity index (χ0v) is 21.1. The van der Waals surface area contributed by atoms with Crippen LogP contribution in [0.25, 0.3) is 23.0 Å². The topological polar surface area (TPSA) is 134 Å². The maximum atomic E-state index is 12.0. The van der Waals surface area contributed by atoms with Gasteiger partial charge in [0.25, 0.3) is 5.91 Å². The standard InChI is InChI=1S/C22H22N4O2.C6H6ClNO/c1-24-16-8-6-15-7-11-18-20(22(23)28)25-26(21(18)19(15)13-16)17-9-4-14(5-10-17)3-2-12-27;1-2-3-5(4-9)6(7)8/h2-6,8-10,13,24,27H,7,11-12H2,1H3,(H2,23,28);2-4,8H,1H2/b3-2-;5-3-,8-6?. The van der Waals surface area contributed by atoms with Crippen LogP contribution in [0.5, 0.6) is 0 Å². The minimum absolute atomic E-state index is 0.000961. The van der Waals surface area contributed by atoms with Gasteiger partial charge in [0.05, 0.1) is 23.6 Å². The Labute approximate surface area is 220 Å². The molecule has 0 unspecified atom stereocenters. The van der Waals surface area contributed by atoms with E-state index < -0.39 is 5.91 Å². The number of hydrogen-bond donors (Lipinski definition) is 4. The van der Waals surface area contributed by atoms with Crippen molar-refractivity contribution in [3.05, 3.63) is 95.2 Å². The Balaban J connectivity index is 0.000000364. The molecule has 0 saturated carbocycles. The van der Waals surface area contributed by atoms with Gasteiger partial charge in [0.15, 0.2) is 12.0 Å². The molecule has 0 aliphatic heterocycles. The van der Waals surface area contributed by atoms with Gasteiger partial charge in [0.2, 0.25) is 0 Å². The number of nitrogens with zero attached hydrogens (tertiary/aromatic N) is 2. The molecule has 9 heteroatoms. The molecule has 0 radical (unpaired) electrons. The van der Waals surface area contributed by atoms with Crippen LogP contribution in [-0.2, 0) is 17.6 Å². The number of hydrogen-bond acceptors (Lipinski definition) is 6. The highest BCUT2D eigenvalue weighted by molar-refractivity contribution is 6.70. The third kappa shape index (κ3) is 6.30. The molecule has 1 amide bonds. The summed E-state index contributed by atoms with van der Waals surface area (Å²) in [6.07, 6.45) is 8.41. The lowest BCUT2D eigenvalue weighted by molar-refractivity contribution is -0.104. The fraction of sp³-hybridized carbons (Fsp3) is 0.143. The quantitative estimate of drug-likeness (QED) is 0.153. The van der Waals surface area contributed by atoms with E-state index in [9.17, 15) is 9.59 Å². The number of rotatable bonds is 8. The molecule has 1 heterocycles. The number of aryl methyl sites for hydroxylation is 1. The summed E-state index contributed by atoms with van der Waals surface area (Å²) in [7, 11) is 1.89. The van der Waals surface area contributed by atoms with E-state index in [1.165, 1.54) is 17.7 Å². The monoisotopic (exact) mass is 517 g/mol. The molecule has 0 fully saturated rings. The highest BCUT2D eigenvalue weighted by atomic mass is 35.5. The molecule has 4 rings (SSSR count). The second kappa shape index (κ2) is 12.6. The number of aromatic nitrogens is 2. The van der Waals surface area contributed by atoms with Gasteiger partial charge in [-0.1, -0.05) is 54.6 Å². The van der Waals surface area contributed by atoms with Crippen molar-refractivity contribution in [2.24, 2.45) is 5.73 Å². The van der Waals surface area contributed by atoms with Crippen molar-refractivity contribution in [1.29, 1.82) is 5.41 Å². The van der Waals surface area contributed by atoms with Crippen LogP contribution in [0.1, 0.15) is 27.2 Å². The highest BCUT2D eigenvalue weighted by Gasteiger charge is 2.28. The average molecular weight is 518 g/mol. The van der Waals surface area contributed by atoms with Crippen molar-refractivity contribution >= 4 is 40.7 Å². The minimum Gasteiger partial charge on any atom is -0.392 e. The first-order valence-corrected chi connectivity index (χ1v) is 11.8. The fourth-order valence-electron chi connectivity index (χ4n) is 3.99. The van der Waals surface area contributed by atoms with Gasteiger partial charge in [-0.3, -0.25) is 15.0 Å². The Morgan fingerprint density at radius 1 is 1.27 bits per heavy atom. The van der Waals surface area contributed by atoms with Crippen LogP contribution < -0.4 is 11.1 Å². The number of nitrogens with one attached hydrogen (secondary N) is 2. The van der Waals surface area contributed by atoms with E-state index in [1.54, 1.807) is 6.08 Å². The first-order chi connectivity index (χ1) is 17.8. The van der Waals surface area contributed by atoms with E-state index in [-0.39, 0.29) is 17.4 Å². The number of nitrogens with two attached hydrogens (primary N) is 1. The van der Waals surface area contributed by atoms with E-state index in [0.717, 1.165) is 46.6 Å². The largest absolute Gasteiger partial charge is 0.392 e. The van der Waals surface area contributed by atoms with Crippen LogP contribution in [0.15, 0.2) is 72.8 Å². The molecule has 3 aromatic rings. The summed E-state index contributed by atoms with van der Waals surface area (Å²) in [6.45, 7) is 3.34. The van der Waals surface area contributed by atoms with Gasteiger partial charge in [-0.05, 0) is 54.3 Å². The zero-order chi connectivity index (χ0) is 26.9. The van der Waals surface area contributed by atoms with E-state index in [1.807, 2.05) is 42.1 Å². The number of aldehydes is 1. The van der Waals surface area contributed by atoms with E-state index in [2.05, 4.69) is 35.2 Å². The average Bonchev–Trinajstić information content (AvgIpc) is 3.31. The Bertz CT molecular complexity index is 1390. The smallest absolute Gasteiger partial charge is 0.269 e. The molecule has 2 aromatic carbocycles. The second-order valence-electron chi connectivity index (χ2n) is 8.04. The molecular weight excluding hydrogens is 490 g/mol. The predicted molar refractivity (Wildman–Crippen MR) is 149 cm³/mol. The molecule has 8 nitrogen and oxygen atoms in total. The summed E-state index contributed by atoms with van der Waals surface area (Å²) in [5.74, 6) is -0.509. The zero-order valence-electron chi connectivity index (χ0n) is 20.4. The third-order valence-corrected chi connectivity index (χ3v) is 5.96. The van der Waals surface area contributed by atoms with Crippen molar-refractivity contribution in [2.45, 2.75) is 12.8 Å². The normalized spacial score (nSPS) is 12.1. The van der Waals surface area contributed by atoms with Crippen molar-refractivity contribution in [3.63, 3.8) is 0 Å². The van der Waals surface area contributed by atoms with Crippen LogP contribution >= 0.6 is 11.6 Å². The molecule has 0 bridgehead atoms. The summed E-state index contributed by atoms with van der Waals surface area (Å²) in [5.41, 5.74) is 13.1. The number of fused-ring (bicyclic) bond motifs is 3. The van der Waals surface area contributed by atoms with Gasteiger partial charge in [0.1, 0.15) is 5.17 Å². The minimum atomic E-state index is -0.509. The molecule has 1 aliphatic carbocycles. The Hall–Kier alpha value is -4.27. The van der Waals surface area contributed by atoms with Gasteiger partial charge in [-0.15, -0.1) is 0 Å². The number of carbonyl (C=O) groups is 2. The van der Waals surface area contributed by atoms with Gasteiger partial charge < -0.3 is 16.2 Å². The van der Waals surface area contributed by atoms with Crippen LogP contribution in [0.4, 0.5) is 5.69 Å². The molecule has 190 valence electrons. The van der Waals surface area contributed by atoms with Crippen LogP contribution in [0.3, 0.4) is 0 Å². The summed E-state index contributed by atoms with van der Waals surface area (Å²) >= 11 is 5.16. The maximum Gasteiger partial charge on any atom is 0.269 e. The van der Waals surface area contributed by atoms with Crippen LogP contribution in [0.2, 0.25) is 0 Å². The first kappa shape index (κ1) is 27.3. The third-order valence-electron chi connectivity index (χ3n) is 5.75. The number of carbonyl (C=O) groups excluding carboxylic acids is 2. The van der Waals surface area contributed by atoms with Crippen molar-refractivity contribution in [3.8, 4) is 16.9 Å². The fourth-order valence-corrected chi connectivity index (χ4v) is 4.09. The molecule has 37 heavy (non-hydrogen) atoms. The number of benzene rings is 2. The molecule has 0 spiro atoms. The highest BCUT2D eigenvalue weighted by Crippen LogP contribution is 2.38. The number of anilines is 1. The molecule has 0 atom stereocenters. The maximum absolute atomic E-state index is 12.0. The summed E-state index contributed by atoms with van der Waals surface area (Å²) in [6, 6.07) is 14.1. The molecule has 1 aliphatic rings. The van der Waals surface area contributed by atoms with Gasteiger partial charge >= 0.3 is 0 Å². The predicted octanol–water partition coefficient (Wildman–Crippen LogP) is 4.30. The lowest BCUT2D eigenvalue weighted by Crippen LogP contribution is -2.15. The van der Waals surface area contributed by atoms with Crippen molar-refractivity contribution in [1.82, 2.24) is 9.78 Å². The number of allylic oxidation sites excluding steroid dienone is 3. The Morgan fingerprint density at radius 3 is 2.54 bits per heavy atom. The SMILES string of the molecule is C=C/C=C(/C=O)C(=N)Cl.CNc1ccc2c(c1)-c1c(c(C(N)=O)nn1-c1ccc(/C=C\CO)cc1)CC2. The summed E-state index contributed by atoms with van der Waals surface area (Å²) < 4.78 is 1.81. The second-order valence-corrected chi connectivity index (χ2v) is 8.42. The van der Waals surface area contributed by atoms with E-state index in [4.69, 9.17) is 27.9 Å². The van der Waals surface area contributed by atoms with E-state index in [0.29, 0.717) is 12.0 Å². The van der Waals surface area contributed by atoms with Gasteiger partial charge in [-0.25, -0.2) is 4.68 Å². The molecule has 1 aromatic heterocycles. The number of amides is 1. The van der Waals surface area contributed by atoms with Gasteiger partial charge in [-0.2, -0.15) is 5.10 Å². The van der Waals surface area contributed by atoms with E-state index >= 15 is 0 Å². The number of aliphatic hydroxyl groups excluding tert-OH is 1. The van der Waals surface area contributed by atoms with Crippen molar-refractivity contribution in [2.75, 3.05) is 19.0 Å². The molecular formula is C28H28ClN5O3. The Morgan fingerprint density at radius 2 is 2.00 bits per heavy atom. The number of halogens is 1. The van der Waals surface area contributed by atoms with Crippen LogP contribution in [-0.4, -0.2) is 45.9 Å². The Kier molecular flexibility index (Phi) is 9.32. The lowest BCUT2D eigenvalue weighted by atomic mass is 9.88. The van der Waals surface area contributed by atoms with Crippen LogP contribution in [0, 0.1) is 5.41 Å². The number of aliphatic hydroxyl groups is 1. The van der Waals surface area contributed by atoms with Crippen molar-refractivity contribution < 1.29 is 14.7 Å². The summed E-state index contributed by atoms with van der Waals surface area (Å²) in [4.78, 5) is 22.0. The van der Waals surface area contributed by atoms with Gasteiger partial charge in [0, 0.05) is 23.9 Å². The summed E-state index contributed by atoms with van der Waals surface area (Å²) in [5, 5.41) is 23.2. The molecule has 5 N–H and O–H groups in total. The lowest BCUT2D eigenvalue weighted by Gasteiger charge is -2.20.